The summed E-state index contributed by atoms with van der Waals surface area (Å²) in [6.07, 6.45) is 3.77. The molecule has 2 amide bonds. The highest BCUT2D eigenvalue weighted by Crippen LogP contribution is 2.36. The summed E-state index contributed by atoms with van der Waals surface area (Å²) in [4.78, 5) is 35.1. The van der Waals surface area contributed by atoms with Gasteiger partial charge in [0.15, 0.2) is 0 Å². The standard InChI is InChI=1S/C21H19N5O4/c1-11-8-12-17(22-11)9-13-18-16(24-19(13)27)5-4-15(23-18)14-10-30-25-20(14)29-7-3-6-26(2)21(12)28/h4-5,8-10,22H,3,6-7H2,1-2H3,(H,24,27)/b13-9-. The fraction of sp³-hybridized carbons (Fsp3) is 0.238. The van der Waals surface area contributed by atoms with Gasteiger partial charge in [-0.25, -0.2) is 4.98 Å². The Morgan fingerprint density at radius 2 is 2.07 bits per heavy atom. The molecule has 0 atom stereocenters. The topological polar surface area (TPSA) is 113 Å². The molecule has 0 saturated carbocycles. The number of ether oxygens (including phenoxy) is 1. The Morgan fingerprint density at radius 3 is 2.93 bits per heavy atom. The third-order valence-electron chi connectivity index (χ3n) is 5.18. The summed E-state index contributed by atoms with van der Waals surface area (Å²) in [6, 6.07) is 5.35. The molecule has 0 radical (unpaired) electrons. The SMILES string of the molecule is Cc1cc2c([nH]1)/C=C1\C(=O)Nc3ccc(nc31)-c1conc1OCCCN(C)C2=O. The first kappa shape index (κ1) is 18.2. The second-order valence-electron chi connectivity index (χ2n) is 7.35. The zero-order valence-electron chi connectivity index (χ0n) is 16.5. The molecule has 5 heterocycles. The van der Waals surface area contributed by atoms with E-state index in [1.54, 1.807) is 36.2 Å². The molecule has 0 unspecified atom stereocenters. The van der Waals surface area contributed by atoms with Gasteiger partial charge in [-0.1, -0.05) is 0 Å². The van der Waals surface area contributed by atoms with Crippen LogP contribution in [-0.4, -0.2) is 52.0 Å². The molecular formula is C21H19N5O4. The molecule has 30 heavy (non-hydrogen) atoms. The predicted molar refractivity (Wildman–Crippen MR) is 109 cm³/mol. The molecule has 3 aromatic rings. The molecule has 3 aromatic heterocycles. The van der Waals surface area contributed by atoms with E-state index < -0.39 is 0 Å². The fourth-order valence-corrected chi connectivity index (χ4v) is 3.67. The Hall–Kier alpha value is -3.88. The second-order valence-corrected chi connectivity index (χ2v) is 7.35. The van der Waals surface area contributed by atoms with Crippen LogP contribution in [0.2, 0.25) is 0 Å². The van der Waals surface area contributed by atoms with E-state index in [0.29, 0.717) is 64.9 Å². The number of aromatic nitrogens is 3. The van der Waals surface area contributed by atoms with Gasteiger partial charge in [0, 0.05) is 19.3 Å². The molecule has 5 rings (SSSR count). The molecule has 2 bridgehead atoms. The van der Waals surface area contributed by atoms with Crippen LogP contribution in [0.15, 0.2) is 29.0 Å². The summed E-state index contributed by atoms with van der Waals surface area (Å²) in [5.74, 6) is -0.0849. The van der Waals surface area contributed by atoms with Gasteiger partial charge >= 0.3 is 0 Å². The van der Waals surface area contributed by atoms with Crippen LogP contribution in [0.1, 0.15) is 33.9 Å². The summed E-state index contributed by atoms with van der Waals surface area (Å²) in [6.45, 7) is 2.74. The molecule has 152 valence electrons. The Bertz CT molecular complexity index is 1210. The lowest BCUT2D eigenvalue weighted by atomic mass is 10.1. The molecule has 0 aliphatic carbocycles. The van der Waals surface area contributed by atoms with E-state index in [1.807, 2.05) is 6.92 Å². The zero-order chi connectivity index (χ0) is 20.8. The van der Waals surface area contributed by atoms with E-state index in [2.05, 4.69) is 20.4 Å². The van der Waals surface area contributed by atoms with Gasteiger partial charge in [0.25, 0.3) is 17.7 Å². The lowest BCUT2D eigenvalue weighted by Crippen LogP contribution is -2.29. The van der Waals surface area contributed by atoms with Gasteiger partial charge in [-0.05, 0) is 42.8 Å². The van der Waals surface area contributed by atoms with E-state index in [1.165, 1.54) is 6.26 Å². The fourth-order valence-electron chi connectivity index (χ4n) is 3.67. The Labute approximate surface area is 171 Å². The molecule has 2 aliphatic heterocycles. The molecule has 9 heteroatoms. The number of carbonyl (C=O) groups is 2. The summed E-state index contributed by atoms with van der Waals surface area (Å²) in [5, 5.41) is 6.74. The lowest BCUT2D eigenvalue weighted by molar-refractivity contribution is -0.110. The number of nitrogens with one attached hydrogen (secondary N) is 2. The quantitative estimate of drug-likeness (QED) is 0.595. The maximum absolute atomic E-state index is 13.0. The first-order valence-corrected chi connectivity index (χ1v) is 9.58. The van der Waals surface area contributed by atoms with Crippen molar-refractivity contribution in [1.29, 1.82) is 0 Å². The lowest BCUT2D eigenvalue weighted by Gasteiger charge is -2.17. The number of pyridine rings is 1. The first-order chi connectivity index (χ1) is 14.5. The third kappa shape index (κ3) is 2.95. The summed E-state index contributed by atoms with van der Waals surface area (Å²) in [7, 11) is 1.74. The van der Waals surface area contributed by atoms with Crippen molar-refractivity contribution in [2.45, 2.75) is 13.3 Å². The van der Waals surface area contributed by atoms with Crippen molar-refractivity contribution in [3.63, 3.8) is 0 Å². The van der Waals surface area contributed by atoms with Crippen LogP contribution in [0.25, 0.3) is 22.9 Å². The van der Waals surface area contributed by atoms with E-state index in [0.717, 1.165) is 5.69 Å². The average molecular weight is 405 g/mol. The number of fused-ring (bicyclic) bond motifs is 4. The van der Waals surface area contributed by atoms with Crippen molar-refractivity contribution in [3.05, 3.63) is 47.1 Å². The van der Waals surface area contributed by atoms with Gasteiger partial charge in [0.05, 0.1) is 34.8 Å². The van der Waals surface area contributed by atoms with Crippen molar-refractivity contribution in [1.82, 2.24) is 20.0 Å². The predicted octanol–water partition coefficient (Wildman–Crippen LogP) is 2.72. The Morgan fingerprint density at radius 1 is 1.20 bits per heavy atom. The first-order valence-electron chi connectivity index (χ1n) is 9.58. The second kappa shape index (κ2) is 6.87. The Kier molecular flexibility index (Phi) is 4.16. The minimum absolute atomic E-state index is 0.136. The molecule has 2 N–H and O–H groups in total. The maximum atomic E-state index is 13.0. The van der Waals surface area contributed by atoms with Gasteiger partial charge in [0.1, 0.15) is 17.5 Å². The normalized spacial score (nSPS) is 17.8. The number of carbonyl (C=O) groups excluding carboxylic acids is 2. The minimum Gasteiger partial charge on any atom is -0.475 e. The van der Waals surface area contributed by atoms with Crippen LogP contribution in [-0.2, 0) is 4.79 Å². The number of amides is 2. The number of anilines is 1. The van der Waals surface area contributed by atoms with E-state index in [4.69, 9.17) is 9.26 Å². The van der Waals surface area contributed by atoms with E-state index >= 15 is 0 Å². The van der Waals surface area contributed by atoms with Crippen molar-refractivity contribution in [2.24, 2.45) is 0 Å². The van der Waals surface area contributed by atoms with Crippen molar-refractivity contribution < 1.29 is 18.8 Å². The summed E-state index contributed by atoms with van der Waals surface area (Å²) >= 11 is 0. The highest BCUT2D eigenvalue weighted by Gasteiger charge is 2.28. The molecule has 9 nitrogen and oxygen atoms in total. The van der Waals surface area contributed by atoms with E-state index in [-0.39, 0.29) is 11.8 Å². The number of nitrogens with zero attached hydrogens (tertiary/aromatic N) is 3. The van der Waals surface area contributed by atoms with Crippen LogP contribution < -0.4 is 10.1 Å². The molecule has 0 spiro atoms. The molecule has 2 aliphatic rings. The van der Waals surface area contributed by atoms with Gasteiger partial charge in [-0.2, -0.15) is 0 Å². The smallest absolute Gasteiger partial charge is 0.263 e. The Balaban J connectivity index is 1.70. The highest BCUT2D eigenvalue weighted by atomic mass is 16.5. The van der Waals surface area contributed by atoms with Crippen molar-refractivity contribution >= 4 is 29.2 Å². The van der Waals surface area contributed by atoms with Crippen LogP contribution in [0.4, 0.5) is 5.69 Å². The number of aromatic amines is 1. The van der Waals surface area contributed by atoms with Crippen molar-refractivity contribution in [2.75, 3.05) is 25.5 Å². The number of aryl methyl sites for hydroxylation is 1. The summed E-state index contributed by atoms with van der Waals surface area (Å²) in [5.41, 5.74) is 4.58. The number of hydrogen-bond acceptors (Lipinski definition) is 6. The number of hydrogen-bond donors (Lipinski definition) is 2. The average Bonchev–Trinajstić information content (AvgIpc) is 3.41. The molecule has 0 fully saturated rings. The van der Waals surface area contributed by atoms with Gasteiger partial charge in [-0.3, -0.25) is 9.59 Å². The molecule has 0 saturated heterocycles. The number of H-pyrrole nitrogens is 1. The van der Waals surface area contributed by atoms with Gasteiger partial charge in [-0.15, -0.1) is 0 Å². The summed E-state index contributed by atoms with van der Waals surface area (Å²) < 4.78 is 10.9. The monoisotopic (exact) mass is 405 g/mol. The van der Waals surface area contributed by atoms with Crippen LogP contribution in [0.5, 0.6) is 5.88 Å². The van der Waals surface area contributed by atoms with Crippen LogP contribution >= 0.6 is 0 Å². The van der Waals surface area contributed by atoms with Crippen molar-refractivity contribution in [3.8, 4) is 17.1 Å². The third-order valence-corrected chi connectivity index (χ3v) is 5.18. The van der Waals surface area contributed by atoms with Crippen LogP contribution in [0.3, 0.4) is 0 Å². The molecule has 0 aromatic carbocycles. The van der Waals surface area contributed by atoms with E-state index in [9.17, 15) is 9.59 Å². The van der Waals surface area contributed by atoms with Gasteiger partial charge in [0.2, 0.25) is 0 Å². The van der Waals surface area contributed by atoms with Crippen LogP contribution in [0, 0.1) is 6.92 Å². The maximum Gasteiger partial charge on any atom is 0.263 e. The zero-order valence-corrected chi connectivity index (χ0v) is 16.5. The highest BCUT2D eigenvalue weighted by molar-refractivity contribution is 6.34. The van der Waals surface area contributed by atoms with Gasteiger partial charge < -0.3 is 24.5 Å². The molecular weight excluding hydrogens is 386 g/mol. The number of rotatable bonds is 0. The largest absolute Gasteiger partial charge is 0.475 e. The minimum atomic E-state index is -0.278.